The Labute approximate surface area is 124 Å². The zero-order valence-electron chi connectivity index (χ0n) is 12.1. The molecule has 0 saturated carbocycles. The molecule has 2 heterocycles. The molecule has 0 aliphatic carbocycles. The Morgan fingerprint density at radius 2 is 2.05 bits per heavy atom. The highest BCUT2D eigenvalue weighted by Gasteiger charge is 2.37. The molecule has 4 heteroatoms. The van der Waals surface area contributed by atoms with Crippen LogP contribution in [-0.4, -0.2) is 28.5 Å². The number of rotatable bonds is 4. The summed E-state index contributed by atoms with van der Waals surface area (Å²) in [4.78, 5) is 14.7. The van der Waals surface area contributed by atoms with E-state index in [1.165, 1.54) is 0 Å². The van der Waals surface area contributed by atoms with Gasteiger partial charge in [0.2, 0.25) is 0 Å². The predicted molar refractivity (Wildman–Crippen MR) is 81.3 cm³/mol. The molecule has 3 nitrogen and oxygen atoms in total. The van der Waals surface area contributed by atoms with E-state index < -0.39 is 0 Å². The molecule has 0 radical (unpaired) electrons. The molecule has 106 valence electrons. The van der Waals surface area contributed by atoms with E-state index in [4.69, 9.17) is 0 Å². The summed E-state index contributed by atoms with van der Waals surface area (Å²) in [6.45, 7) is 9.17. The van der Waals surface area contributed by atoms with Crippen LogP contribution in [0, 0.1) is 5.41 Å². The van der Waals surface area contributed by atoms with E-state index in [0.29, 0.717) is 5.41 Å². The summed E-state index contributed by atoms with van der Waals surface area (Å²) in [5.41, 5.74) is 1.15. The lowest BCUT2D eigenvalue weighted by Crippen LogP contribution is -2.33. The normalized spacial score (nSPS) is 18.0. The Morgan fingerprint density at radius 1 is 1.37 bits per heavy atom. The Morgan fingerprint density at radius 3 is 2.58 bits per heavy atom. The Bertz CT molecular complexity index is 463. The maximum Gasteiger partial charge on any atom is 0.270 e. The van der Waals surface area contributed by atoms with Crippen molar-refractivity contribution in [1.82, 2.24) is 9.47 Å². The highest BCUT2D eigenvalue weighted by molar-refractivity contribution is 9.10. The number of amides is 1. The highest BCUT2D eigenvalue weighted by atomic mass is 79.9. The predicted octanol–water partition coefficient (Wildman–Crippen LogP) is 3.92. The molecule has 1 aliphatic heterocycles. The quantitative estimate of drug-likeness (QED) is 0.823. The molecule has 1 aromatic heterocycles. The number of aryl methyl sites for hydroxylation is 1. The van der Waals surface area contributed by atoms with Gasteiger partial charge in [0.25, 0.3) is 5.91 Å². The number of aromatic nitrogens is 1. The molecule has 0 spiro atoms. The molecule has 1 aromatic rings. The number of halogens is 1. The smallest absolute Gasteiger partial charge is 0.270 e. The average molecular weight is 327 g/mol. The van der Waals surface area contributed by atoms with Crippen LogP contribution in [0.4, 0.5) is 0 Å². The zero-order valence-corrected chi connectivity index (χ0v) is 13.7. The lowest BCUT2D eigenvalue weighted by Gasteiger charge is -2.26. The fourth-order valence-electron chi connectivity index (χ4n) is 3.01. The molecule has 2 rings (SSSR count). The van der Waals surface area contributed by atoms with Crippen LogP contribution in [0.2, 0.25) is 0 Å². The van der Waals surface area contributed by atoms with Gasteiger partial charge in [-0.1, -0.05) is 13.8 Å². The molecule has 0 N–H and O–H groups in total. The Hall–Kier alpha value is -0.770. The minimum absolute atomic E-state index is 0.177. The van der Waals surface area contributed by atoms with Crippen LogP contribution < -0.4 is 0 Å². The number of hydrogen-bond acceptors (Lipinski definition) is 1. The van der Waals surface area contributed by atoms with Gasteiger partial charge in [0.15, 0.2) is 0 Å². The van der Waals surface area contributed by atoms with Crippen LogP contribution >= 0.6 is 15.9 Å². The van der Waals surface area contributed by atoms with E-state index in [-0.39, 0.29) is 5.91 Å². The van der Waals surface area contributed by atoms with E-state index in [2.05, 4.69) is 36.7 Å². The van der Waals surface area contributed by atoms with Gasteiger partial charge in [-0.3, -0.25) is 4.79 Å². The summed E-state index contributed by atoms with van der Waals surface area (Å²) in [7, 11) is 0. The molecule has 1 fully saturated rings. The van der Waals surface area contributed by atoms with Gasteiger partial charge in [-0.15, -0.1) is 0 Å². The van der Waals surface area contributed by atoms with Crippen LogP contribution in [0.1, 0.15) is 50.5 Å². The van der Waals surface area contributed by atoms with Gasteiger partial charge in [0, 0.05) is 30.3 Å². The molecule has 0 unspecified atom stereocenters. The minimum Gasteiger partial charge on any atom is -0.343 e. The van der Waals surface area contributed by atoms with E-state index in [1.807, 2.05) is 21.7 Å². The van der Waals surface area contributed by atoms with Gasteiger partial charge >= 0.3 is 0 Å². The summed E-state index contributed by atoms with van der Waals surface area (Å²) in [5, 5.41) is 0. The maximum absolute atomic E-state index is 12.6. The number of hydrogen-bond donors (Lipinski definition) is 0. The van der Waals surface area contributed by atoms with Crippen molar-refractivity contribution in [2.24, 2.45) is 5.41 Å². The molecule has 1 amide bonds. The van der Waals surface area contributed by atoms with Gasteiger partial charge in [-0.05, 0) is 53.6 Å². The minimum atomic E-state index is 0.177. The van der Waals surface area contributed by atoms with Crippen LogP contribution in [0.5, 0.6) is 0 Å². The molecular weight excluding hydrogens is 304 g/mol. The first-order chi connectivity index (χ1) is 9.05. The zero-order chi connectivity index (χ0) is 14.0. The summed E-state index contributed by atoms with van der Waals surface area (Å²) >= 11 is 3.46. The summed E-state index contributed by atoms with van der Waals surface area (Å²) in [6.07, 6.45) is 5.44. The maximum atomic E-state index is 12.6. The lowest BCUT2D eigenvalue weighted by atomic mass is 9.82. The number of nitrogens with zero attached hydrogens (tertiary/aromatic N) is 2. The van der Waals surface area contributed by atoms with Crippen LogP contribution in [0.3, 0.4) is 0 Å². The third-order valence-electron chi connectivity index (χ3n) is 4.65. The van der Waals surface area contributed by atoms with Crippen LogP contribution in [0.25, 0.3) is 0 Å². The van der Waals surface area contributed by atoms with Crippen molar-refractivity contribution in [3.8, 4) is 0 Å². The second kappa shape index (κ2) is 5.70. The number of carbonyl (C=O) groups excluding carboxylic acids is 1. The summed E-state index contributed by atoms with van der Waals surface area (Å²) in [5.74, 6) is 0.177. The first-order valence-corrected chi connectivity index (χ1v) is 7.99. The molecule has 1 saturated heterocycles. The molecule has 19 heavy (non-hydrogen) atoms. The SMILES string of the molecule is CCn1cc(Br)cc1C(=O)N1CCC(CC)(CC)C1. The van der Waals surface area contributed by atoms with Gasteiger partial charge in [0.05, 0.1) is 0 Å². The van der Waals surface area contributed by atoms with E-state index in [9.17, 15) is 4.79 Å². The molecule has 1 aliphatic rings. The van der Waals surface area contributed by atoms with Gasteiger partial charge in [-0.25, -0.2) is 0 Å². The summed E-state index contributed by atoms with van der Waals surface area (Å²) in [6, 6.07) is 1.93. The van der Waals surface area contributed by atoms with Crippen molar-refractivity contribution in [1.29, 1.82) is 0 Å². The fraction of sp³-hybridized carbons (Fsp3) is 0.667. The van der Waals surface area contributed by atoms with Gasteiger partial charge < -0.3 is 9.47 Å². The number of carbonyl (C=O) groups is 1. The fourth-order valence-corrected chi connectivity index (χ4v) is 3.48. The van der Waals surface area contributed by atoms with E-state index in [1.54, 1.807) is 0 Å². The molecular formula is C15H23BrN2O. The molecule has 0 aromatic carbocycles. The van der Waals surface area contributed by atoms with Crippen molar-refractivity contribution in [2.45, 2.75) is 46.6 Å². The third-order valence-corrected chi connectivity index (χ3v) is 5.08. The Kier molecular flexibility index (Phi) is 4.39. The largest absolute Gasteiger partial charge is 0.343 e. The van der Waals surface area contributed by atoms with E-state index >= 15 is 0 Å². The summed E-state index contributed by atoms with van der Waals surface area (Å²) < 4.78 is 3.00. The van der Waals surface area contributed by atoms with E-state index in [0.717, 1.165) is 49.1 Å². The lowest BCUT2D eigenvalue weighted by molar-refractivity contribution is 0.0759. The van der Waals surface area contributed by atoms with Crippen LogP contribution in [0.15, 0.2) is 16.7 Å². The third kappa shape index (κ3) is 2.73. The van der Waals surface area contributed by atoms with Crippen molar-refractivity contribution in [3.63, 3.8) is 0 Å². The first kappa shape index (κ1) is 14.6. The second-order valence-electron chi connectivity index (χ2n) is 5.51. The standard InChI is InChI=1S/C15H23BrN2O/c1-4-15(5-2)7-8-18(11-15)14(19)13-9-12(16)10-17(13)6-3/h9-10H,4-8,11H2,1-3H3. The topological polar surface area (TPSA) is 25.2 Å². The van der Waals surface area contributed by atoms with Crippen molar-refractivity contribution in [2.75, 3.05) is 13.1 Å². The van der Waals surface area contributed by atoms with Crippen molar-refractivity contribution < 1.29 is 4.79 Å². The monoisotopic (exact) mass is 326 g/mol. The average Bonchev–Trinajstić information content (AvgIpc) is 3.02. The Balaban J connectivity index is 2.17. The molecule has 0 atom stereocenters. The van der Waals surface area contributed by atoms with Gasteiger partial charge in [-0.2, -0.15) is 0 Å². The number of likely N-dealkylation sites (tertiary alicyclic amines) is 1. The molecule has 0 bridgehead atoms. The van der Waals surface area contributed by atoms with Gasteiger partial charge in [0.1, 0.15) is 5.69 Å². The highest BCUT2D eigenvalue weighted by Crippen LogP contribution is 2.37. The second-order valence-corrected chi connectivity index (χ2v) is 6.43. The first-order valence-electron chi connectivity index (χ1n) is 7.20. The van der Waals surface area contributed by atoms with Crippen LogP contribution in [-0.2, 0) is 6.54 Å². The van der Waals surface area contributed by atoms with Crippen molar-refractivity contribution in [3.05, 3.63) is 22.4 Å². The van der Waals surface area contributed by atoms with Crippen molar-refractivity contribution >= 4 is 21.8 Å².